The van der Waals surface area contributed by atoms with Crippen molar-refractivity contribution in [1.82, 2.24) is 18.3 Å². The number of rotatable bonds is 8. The van der Waals surface area contributed by atoms with Crippen LogP contribution in [0.25, 0.3) is 154 Å². The molecule has 0 aliphatic carbocycles. The van der Waals surface area contributed by atoms with E-state index < -0.39 is 0 Å². The monoisotopic (exact) mass is 1330 g/mol. The molecule has 0 bridgehead atoms. The van der Waals surface area contributed by atoms with Gasteiger partial charge < -0.3 is 18.3 Å². The zero-order valence-electron chi connectivity index (χ0n) is 58.7. The molecule has 0 aliphatic rings. The SMILES string of the molecule is Cc1ccc(-n2c3ccc(-c4ccccc4)cc3c3cc(-c4ccccc4)ccc32)cc1.Cc1ccc(-n2c3ccccc3c3cc(-c4ccccc4)ccc32)cc1.Cc1cccc(-n2c3ccccc3c3cc(-c4ccccc4)ccc32)c1.Cc1cccc(-n2c3ccccc3c3ccccc32)c1. The second-order valence-corrected chi connectivity index (χ2v) is 27.2. The zero-order chi connectivity index (χ0) is 70.0. The molecule has 0 unspecified atom stereocenters. The van der Waals surface area contributed by atoms with Gasteiger partial charge in [-0.1, -0.05) is 278 Å². The summed E-state index contributed by atoms with van der Waals surface area (Å²) in [5.74, 6) is 0. The Balaban J connectivity index is 0.000000104. The number of para-hydroxylation sites is 4. The molecule has 0 saturated heterocycles. The van der Waals surface area contributed by atoms with Crippen LogP contribution in [-0.2, 0) is 0 Å². The van der Waals surface area contributed by atoms with Crippen LogP contribution in [0.1, 0.15) is 22.3 Å². The third-order valence-electron chi connectivity index (χ3n) is 20.2. The van der Waals surface area contributed by atoms with Gasteiger partial charge in [0.15, 0.2) is 0 Å². The van der Waals surface area contributed by atoms with E-state index in [0.29, 0.717) is 0 Å². The van der Waals surface area contributed by atoms with Crippen molar-refractivity contribution in [2.75, 3.05) is 0 Å². The quantitative estimate of drug-likeness (QED) is 0.144. The number of aromatic nitrogens is 4. The molecule has 4 heteroatoms. The van der Waals surface area contributed by atoms with Crippen molar-refractivity contribution in [2.45, 2.75) is 27.7 Å². The summed E-state index contributed by atoms with van der Waals surface area (Å²) in [5, 5.41) is 10.3. The van der Waals surface area contributed by atoms with Crippen molar-refractivity contribution in [2.24, 2.45) is 0 Å². The Labute approximate surface area is 607 Å². The van der Waals surface area contributed by atoms with Crippen molar-refractivity contribution in [3.63, 3.8) is 0 Å². The van der Waals surface area contributed by atoms with Gasteiger partial charge in [-0.05, 0) is 205 Å². The van der Waals surface area contributed by atoms with Crippen LogP contribution in [-0.4, -0.2) is 18.3 Å². The molecule has 4 heterocycles. The molecule has 4 aromatic heterocycles. The average molecular weight is 1330 g/mol. The van der Waals surface area contributed by atoms with E-state index in [1.165, 1.54) is 177 Å². The Morgan fingerprint density at radius 1 is 0.135 bits per heavy atom. The summed E-state index contributed by atoms with van der Waals surface area (Å²) in [6.45, 7) is 8.54. The van der Waals surface area contributed by atoms with E-state index in [1.54, 1.807) is 0 Å². The second-order valence-electron chi connectivity index (χ2n) is 27.2. The van der Waals surface area contributed by atoms with Gasteiger partial charge in [0.25, 0.3) is 0 Å². The summed E-state index contributed by atoms with van der Waals surface area (Å²) >= 11 is 0. The maximum Gasteiger partial charge on any atom is 0.0541 e. The minimum absolute atomic E-state index is 1.19. The molecule has 0 fully saturated rings. The first-order chi connectivity index (χ1) is 51.2. The van der Waals surface area contributed by atoms with Gasteiger partial charge in [-0.15, -0.1) is 0 Å². The predicted octanol–water partition coefficient (Wildman–Crippen LogP) is 27.0. The molecule has 0 spiro atoms. The highest BCUT2D eigenvalue weighted by Gasteiger charge is 2.18. The molecule has 0 aliphatic heterocycles. The lowest BCUT2D eigenvalue weighted by Gasteiger charge is -2.09. The fourth-order valence-electron chi connectivity index (χ4n) is 15.2. The molecule has 0 saturated carbocycles. The first-order valence-corrected chi connectivity index (χ1v) is 35.9. The van der Waals surface area contributed by atoms with E-state index in [2.05, 4.69) is 434 Å². The topological polar surface area (TPSA) is 19.7 Å². The van der Waals surface area contributed by atoms with Crippen molar-refractivity contribution >= 4 is 87.2 Å². The third-order valence-corrected chi connectivity index (χ3v) is 20.2. The number of hydrogen-bond donors (Lipinski definition) is 0. The Morgan fingerprint density at radius 3 is 0.644 bits per heavy atom. The molecule has 0 amide bonds. The molecule has 104 heavy (non-hydrogen) atoms. The standard InChI is InChI=1S/C31H23N.2C25H19N.C19H15N/c1-22-12-16-27(17-13-22)32-30-18-14-25(23-8-4-2-5-9-23)20-28(30)29-21-26(15-19-31(29)32)24-10-6-3-7-11-24;1-18-8-7-11-21(16-18)26-24-13-6-5-12-22(24)23-17-20(14-15-25(23)26)19-9-3-2-4-10-19;1-18-11-14-21(15-12-18)26-24-10-6-5-9-22(24)23-17-20(13-16-25(23)26)19-7-3-2-4-8-19;1-14-7-6-8-15(13-14)20-18-11-4-2-9-16(18)17-10-3-5-12-19(17)20/h2-21H,1H3;2*2-17H,1H3;2-13H,1H3. The summed E-state index contributed by atoms with van der Waals surface area (Å²) in [6.07, 6.45) is 0. The minimum Gasteiger partial charge on any atom is -0.309 e. The van der Waals surface area contributed by atoms with Gasteiger partial charge in [0, 0.05) is 65.8 Å². The van der Waals surface area contributed by atoms with Crippen LogP contribution in [0.15, 0.2) is 388 Å². The molecule has 20 rings (SSSR count). The average Bonchev–Trinajstić information content (AvgIpc) is 1.61. The van der Waals surface area contributed by atoms with Crippen LogP contribution in [0.4, 0.5) is 0 Å². The molecular formula is C100H76N4. The Morgan fingerprint density at radius 2 is 0.365 bits per heavy atom. The van der Waals surface area contributed by atoms with Crippen molar-refractivity contribution in [3.8, 4) is 67.3 Å². The van der Waals surface area contributed by atoms with Crippen LogP contribution >= 0.6 is 0 Å². The summed E-state index contributed by atoms with van der Waals surface area (Å²) in [6, 6.07) is 139. The van der Waals surface area contributed by atoms with E-state index in [4.69, 9.17) is 0 Å². The van der Waals surface area contributed by atoms with Gasteiger partial charge in [-0.25, -0.2) is 0 Å². The highest BCUT2D eigenvalue weighted by Crippen LogP contribution is 2.40. The number of hydrogen-bond acceptors (Lipinski definition) is 0. The number of fused-ring (bicyclic) bond motifs is 12. The number of aryl methyl sites for hydroxylation is 4. The van der Waals surface area contributed by atoms with Gasteiger partial charge in [-0.2, -0.15) is 0 Å². The van der Waals surface area contributed by atoms with Crippen LogP contribution in [0.2, 0.25) is 0 Å². The van der Waals surface area contributed by atoms with E-state index in [-0.39, 0.29) is 0 Å². The van der Waals surface area contributed by atoms with Crippen molar-refractivity contribution < 1.29 is 0 Å². The molecule has 0 radical (unpaired) electrons. The van der Waals surface area contributed by atoms with Crippen LogP contribution < -0.4 is 0 Å². The molecule has 496 valence electrons. The summed E-state index contributed by atoms with van der Waals surface area (Å²) in [4.78, 5) is 0. The summed E-state index contributed by atoms with van der Waals surface area (Å²) in [5.41, 5.74) is 29.9. The summed E-state index contributed by atoms with van der Waals surface area (Å²) in [7, 11) is 0. The number of benzene rings is 16. The Bertz CT molecular complexity index is 6320. The van der Waals surface area contributed by atoms with Gasteiger partial charge in [0.2, 0.25) is 0 Å². The van der Waals surface area contributed by atoms with Crippen LogP contribution in [0.5, 0.6) is 0 Å². The largest absolute Gasteiger partial charge is 0.309 e. The van der Waals surface area contributed by atoms with Gasteiger partial charge in [0.05, 0.1) is 44.1 Å². The Hall–Kier alpha value is -13.3. The van der Waals surface area contributed by atoms with E-state index in [9.17, 15) is 0 Å². The molecule has 0 N–H and O–H groups in total. The lowest BCUT2D eigenvalue weighted by molar-refractivity contribution is 1.17. The molecule has 0 atom stereocenters. The smallest absolute Gasteiger partial charge is 0.0541 e. The normalized spacial score (nSPS) is 11.3. The third kappa shape index (κ3) is 12.4. The second kappa shape index (κ2) is 28.0. The summed E-state index contributed by atoms with van der Waals surface area (Å²) < 4.78 is 9.45. The Kier molecular flexibility index (Phi) is 17.3. The van der Waals surface area contributed by atoms with Gasteiger partial charge in [0.1, 0.15) is 0 Å². The van der Waals surface area contributed by atoms with Crippen LogP contribution in [0, 0.1) is 27.7 Å². The molecule has 16 aromatic carbocycles. The van der Waals surface area contributed by atoms with Crippen molar-refractivity contribution in [3.05, 3.63) is 411 Å². The maximum absolute atomic E-state index is 2.38. The molecule has 4 nitrogen and oxygen atoms in total. The fraction of sp³-hybridized carbons (Fsp3) is 0.0400. The highest BCUT2D eigenvalue weighted by atomic mass is 15.0. The fourth-order valence-corrected chi connectivity index (χ4v) is 15.2. The first kappa shape index (κ1) is 64.1. The molecule has 20 aromatic rings. The zero-order valence-corrected chi connectivity index (χ0v) is 58.7. The van der Waals surface area contributed by atoms with Gasteiger partial charge >= 0.3 is 0 Å². The first-order valence-electron chi connectivity index (χ1n) is 35.9. The van der Waals surface area contributed by atoms with Gasteiger partial charge in [-0.3, -0.25) is 0 Å². The van der Waals surface area contributed by atoms with E-state index in [1.807, 2.05) is 0 Å². The predicted molar refractivity (Wildman–Crippen MR) is 444 cm³/mol. The molecular weight excluding hydrogens is 1260 g/mol. The van der Waals surface area contributed by atoms with Crippen LogP contribution in [0.3, 0.4) is 0 Å². The minimum atomic E-state index is 1.19. The van der Waals surface area contributed by atoms with E-state index in [0.717, 1.165) is 0 Å². The lowest BCUT2D eigenvalue weighted by atomic mass is 10.0. The maximum atomic E-state index is 2.38. The number of nitrogens with zero attached hydrogens (tertiary/aromatic N) is 4. The lowest BCUT2D eigenvalue weighted by Crippen LogP contribution is -1.93. The van der Waals surface area contributed by atoms with E-state index >= 15 is 0 Å². The highest BCUT2D eigenvalue weighted by molar-refractivity contribution is 6.14. The van der Waals surface area contributed by atoms with Crippen molar-refractivity contribution in [1.29, 1.82) is 0 Å².